The Hall–Kier alpha value is 19.5. The van der Waals surface area contributed by atoms with Crippen molar-refractivity contribution in [2.24, 2.45) is 0 Å². The summed E-state index contributed by atoms with van der Waals surface area (Å²) in [5, 5.41) is 0. The van der Waals surface area contributed by atoms with Crippen LogP contribution in [0.25, 0.3) is 0 Å². The molecule has 0 atom stereocenters. The summed E-state index contributed by atoms with van der Waals surface area (Å²) in [5.74, 6) is 0. The van der Waals surface area contributed by atoms with E-state index < -0.39 is 250 Å². The fraction of sp³-hybridized carbons (Fsp3) is 0. The molecule has 0 saturated carbocycles. The Balaban J connectivity index is -0.0000000112. The van der Waals surface area contributed by atoms with Crippen LogP contribution in [-0.4, -0.2) is 293 Å². The number of rotatable bonds is 0. The van der Waals surface area contributed by atoms with Gasteiger partial charge in [-0.25, -0.2) is 0 Å². The van der Waals surface area contributed by atoms with Gasteiger partial charge in [0.15, 0.2) is 0 Å². The average molecular weight is 2200 g/mol. The van der Waals surface area contributed by atoms with Crippen molar-refractivity contribution in [3.05, 3.63) is 0 Å². The Kier molecular flexibility index (Phi) is 652. The molecule has 0 unspecified atom stereocenters. The first-order valence-corrected chi connectivity index (χ1v) is 34.2. The molecule has 0 bridgehead atoms. The third-order valence-electron chi connectivity index (χ3n) is 0. The van der Waals surface area contributed by atoms with Gasteiger partial charge in [-0.3, -0.25) is 156 Å². The van der Waals surface area contributed by atoms with Crippen LogP contribution >= 0.6 is 0 Å². The van der Waals surface area contributed by atoms with Gasteiger partial charge in [-0.15, -0.1) is 102 Å². The molecule has 106 heteroatoms. The van der Waals surface area contributed by atoms with Crippen LogP contribution in [0.1, 0.15) is 0 Å². The van der Waals surface area contributed by atoms with E-state index in [1.807, 2.05) is 0 Å². The van der Waals surface area contributed by atoms with E-state index in [4.69, 9.17) is 293 Å². The summed E-state index contributed by atoms with van der Waals surface area (Å²) in [5.41, 5.74) is 0. The second-order valence-electron chi connectivity index (χ2n) is 4.84. The Morgan fingerprint density at radius 1 is 0.0943 bits per heavy atom. The third kappa shape index (κ3) is 4860. The van der Waals surface area contributed by atoms with E-state index in [1.165, 1.54) is 0 Å². The van der Waals surface area contributed by atoms with E-state index in [-0.39, 0.29) is 532 Å². The van der Waals surface area contributed by atoms with Gasteiger partial charge in [0.2, 0.25) is 0 Å². The van der Waals surface area contributed by atoms with Crippen LogP contribution < -0.4 is 532 Å². The monoisotopic (exact) mass is 2200 g/mol. The molecule has 0 aliphatic heterocycles. The van der Waals surface area contributed by atoms with E-state index in [2.05, 4.69) is 0 Å². The summed E-state index contributed by atoms with van der Waals surface area (Å²) in [4.78, 5) is 0. The molecule has 0 saturated heterocycles. The van der Waals surface area contributed by atoms with Crippen molar-refractivity contribution in [2.75, 3.05) is 0 Å². The van der Waals surface area contributed by atoms with Crippen LogP contribution in [0.15, 0.2) is 0 Å². The summed E-state index contributed by atoms with van der Waals surface area (Å²) in [6.45, 7) is 0. The van der Waals surface area contributed by atoms with Crippen molar-refractivity contribution >= 4 is 250 Å². The second kappa shape index (κ2) is 260. The molecule has 0 heterocycles. The maximum absolute atomic E-state index is 8.67. The van der Waals surface area contributed by atoms with E-state index >= 15 is 0 Å². The fourth-order valence-electron chi connectivity index (χ4n) is 0. The van der Waals surface area contributed by atoms with Crippen LogP contribution in [0.5, 0.6) is 0 Å². The largest absolute Gasteiger partial charge is 1.00 e. The minimum atomic E-state index is -3.11. The maximum Gasteiger partial charge on any atom is 1.00 e. The second-order valence-corrected chi connectivity index (χ2v) is 14.5. The summed E-state index contributed by atoms with van der Waals surface area (Å²) >= 11 is -61.9. The number of hydrogen-bond acceptors (Lipinski definition) is 40. The van der Waals surface area contributed by atoms with E-state index in [9.17, 15) is 0 Å². The molecule has 0 spiro atoms. The van der Waals surface area contributed by atoms with Crippen molar-refractivity contribution in [3.63, 3.8) is 0 Å². The van der Waals surface area contributed by atoms with Crippen molar-refractivity contribution in [2.45, 2.75) is 0 Å². The van der Waals surface area contributed by atoms with Crippen LogP contribution in [0.3, 0.4) is 0 Å². The van der Waals surface area contributed by atoms with Crippen molar-refractivity contribution in [1.82, 2.24) is 0 Å². The standard InChI is InChI=1S/18Na.22H2O3S/c;;;;;;;;;;;;;;;;;;22*1-4(2)3/h;;;;;;;;;;;;;;;;;;22*(H2,1,2,3)/q18*+1;;;;;;;;;;;;;;;;;;;;;;/p-18. The summed E-state index contributed by atoms with van der Waals surface area (Å²) < 4.78 is 525. The molecule has 0 radical (unpaired) electrons. The molecule has 0 aromatic heterocycles. The third-order valence-corrected chi connectivity index (χ3v) is 0. The first-order chi connectivity index (χ1) is 38.1. The van der Waals surface area contributed by atoms with Gasteiger partial charge in [0.1, 0.15) is 0 Å². The first-order valence-electron chi connectivity index (χ1n) is 11.4. The van der Waals surface area contributed by atoms with Gasteiger partial charge < -0.3 is 81.9 Å². The Morgan fingerprint density at radius 3 is 0.0943 bits per heavy atom. The van der Waals surface area contributed by atoms with Gasteiger partial charge in [-0.2, -0.15) is 54.7 Å². The molecule has 26 N–H and O–H groups in total. The molecule has 106 heavy (non-hydrogen) atoms. The minimum Gasteiger partial charge on any atom is -0.784 e. The van der Waals surface area contributed by atoms with Crippen LogP contribution in [0, 0.1) is 0 Å². The van der Waals surface area contributed by atoms with Gasteiger partial charge in [-0.1, -0.05) is 0 Å². The molecular weight excluding hydrogens is 2180 g/mol. The Labute approximate surface area is 1050 Å². The van der Waals surface area contributed by atoms with Crippen LogP contribution in [0.4, 0.5) is 0 Å². The van der Waals surface area contributed by atoms with Gasteiger partial charge in [-0.05, 0) is 0 Å². The van der Waals surface area contributed by atoms with Gasteiger partial charge in [0, 0.05) is 0 Å². The first kappa shape index (κ1) is 266. The molecule has 0 fully saturated rings. The summed E-state index contributed by atoms with van der Waals surface area (Å²) in [6, 6.07) is 0. The molecule has 0 aliphatic rings. The number of hydrogen-bond donors (Lipinski definition) is 26. The van der Waals surface area contributed by atoms with Crippen molar-refractivity contribution in [1.29, 1.82) is 0 Å². The average Bonchev–Trinajstić information content (AvgIpc) is 3.06. The summed E-state index contributed by atoms with van der Waals surface area (Å²) in [6.07, 6.45) is 0. The zero-order valence-corrected chi connectivity index (χ0v) is 109. The molecule has 0 rings (SSSR count). The zero-order valence-electron chi connectivity index (χ0n) is 54.9. The predicted octanol–water partition coefficient (Wildman–Crippen LogP) is -67.1. The normalized spacial score (nSPS) is 7.26. The predicted molar refractivity (Wildman–Crippen MR) is 261 cm³/mol. The molecule has 0 aromatic rings. The zero-order chi connectivity index (χ0) is 78.7. The van der Waals surface area contributed by atoms with Crippen molar-refractivity contribution in [3.8, 4) is 0 Å². The van der Waals surface area contributed by atoms with Gasteiger partial charge in [0.05, 0.1) is 0 Å². The van der Waals surface area contributed by atoms with E-state index in [1.54, 1.807) is 0 Å². The topological polar surface area (TPSA) is 1320 Å². The quantitative estimate of drug-likeness (QED) is 0.0791. The fourth-order valence-corrected chi connectivity index (χ4v) is 0. The molecule has 0 aromatic carbocycles. The molecule has 66 nitrogen and oxygen atoms in total. The smallest absolute Gasteiger partial charge is 0.784 e. The minimum absolute atomic E-state index is 0. The van der Waals surface area contributed by atoms with E-state index in [0.717, 1.165) is 0 Å². The van der Waals surface area contributed by atoms with E-state index in [0.29, 0.717) is 0 Å². The molecule has 572 valence electrons. The summed E-state index contributed by atoms with van der Waals surface area (Å²) in [7, 11) is 0. The van der Waals surface area contributed by atoms with Crippen LogP contribution in [-0.2, 0) is 250 Å². The molecule has 0 aliphatic carbocycles. The Bertz CT molecular complexity index is 1240. The maximum atomic E-state index is 8.67. The molecular formula is H26Na18O66S22. The van der Waals surface area contributed by atoms with Crippen molar-refractivity contribution < 1.29 is 825 Å². The molecule has 0 amide bonds. The van der Waals surface area contributed by atoms with Gasteiger partial charge in [0.25, 0.3) is 148 Å². The van der Waals surface area contributed by atoms with Crippen LogP contribution in [0.2, 0.25) is 0 Å². The SMILES string of the molecule is O=S(O)O.O=S(O)O.O=S(O)O.O=S(O)O.O=S(O)O.O=S(O)O.O=S(O)O.O=S(O)O.O=S(O)O.O=S(O)O.O=S(O)O.O=S(O)O.O=S(O)O.O=S([O-])[O-].O=S([O-])[O-].O=S([O-])[O-].O=S([O-])[O-].O=S([O-])[O-].O=S([O-])[O-].O=S([O-])[O-].O=S([O-])[O-].O=S([O-])[O-].[Na+].[Na+].[Na+].[Na+].[Na+].[Na+].[Na+].[Na+].[Na+].[Na+].[Na+].[Na+].[Na+].[Na+].[Na+].[Na+].[Na+].[Na+]. The Morgan fingerprint density at radius 2 is 0.0943 bits per heavy atom. The van der Waals surface area contributed by atoms with Gasteiger partial charge >= 0.3 is 532 Å².